The summed E-state index contributed by atoms with van der Waals surface area (Å²) in [4.78, 5) is 23.1. The number of alkyl halides is 3. The first-order valence-corrected chi connectivity index (χ1v) is 7.42. The highest BCUT2D eigenvalue weighted by Crippen LogP contribution is 2.39. The quantitative estimate of drug-likeness (QED) is 0.830. The maximum absolute atomic E-state index is 13.3. The molecule has 25 heavy (non-hydrogen) atoms. The molecule has 0 amide bonds. The van der Waals surface area contributed by atoms with Gasteiger partial charge in [-0.05, 0) is 25.5 Å². The SMILES string of the molecule is CCOC(=O)c1cn(CC(=O)O)c(-c2ccccc2C(F)(F)F)c1C. The van der Waals surface area contributed by atoms with E-state index in [4.69, 9.17) is 9.84 Å². The number of aromatic nitrogens is 1. The van der Waals surface area contributed by atoms with Crippen LogP contribution in [0.25, 0.3) is 11.3 Å². The van der Waals surface area contributed by atoms with Crippen LogP contribution in [0.5, 0.6) is 0 Å². The van der Waals surface area contributed by atoms with E-state index >= 15 is 0 Å². The van der Waals surface area contributed by atoms with E-state index in [1.165, 1.54) is 31.3 Å². The van der Waals surface area contributed by atoms with Crippen molar-refractivity contribution in [2.75, 3.05) is 6.61 Å². The van der Waals surface area contributed by atoms with Crippen molar-refractivity contribution in [3.63, 3.8) is 0 Å². The van der Waals surface area contributed by atoms with E-state index < -0.39 is 30.2 Å². The smallest absolute Gasteiger partial charge is 0.417 e. The van der Waals surface area contributed by atoms with Gasteiger partial charge in [0, 0.05) is 11.8 Å². The van der Waals surface area contributed by atoms with Crippen molar-refractivity contribution >= 4 is 11.9 Å². The van der Waals surface area contributed by atoms with Crippen LogP contribution in [0.15, 0.2) is 30.5 Å². The number of nitrogens with zero attached hydrogens (tertiary/aromatic N) is 1. The predicted octanol–water partition coefficient (Wildman–Crippen LogP) is 3.74. The minimum atomic E-state index is -4.62. The molecule has 0 radical (unpaired) electrons. The molecule has 0 aliphatic heterocycles. The number of hydrogen-bond donors (Lipinski definition) is 1. The summed E-state index contributed by atoms with van der Waals surface area (Å²) in [6, 6.07) is 4.83. The number of hydrogen-bond acceptors (Lipinski definition) is 3. The van der Waals surface area contributed by atoms with Crippen molar-refractivity contribution in [1.82, 2.24) is 4.57 Å². The normalized spacial score (nSPS) is 11.4. The third kappa shape index (κ3) is 3.84. The lowest BCUT2D eigenvalue weighted by Gasteiger charge is -2.15. The summed E-state index contributed by atoms with van der Waals surface area (Å²) < 4.78 is 46.0. The van der Waals surface area contributed by atoms with Gasteiger partial charge in [0.05, 0.1) is 23.4 Å². The number of carbonyl (C=O) groups is 2. The number of esters is 1. The Hall–Kier alpha value is -2.77. The van der Waals surface area contributed by atoms with E-state index in [1.54, 1.807) is 6.92 Å². The second-order valence-electron chi connectivity index (χ2n) is 5.30. The first-order chi connectivity index (χ1) is 11.7. The van der Waals surface area contributed by atoms with Crippen molar-refractivity contribution in [2.24, 2.45) is 0 Å². The molecular formula is C17H16F3NO4. The van der Waals surface area contributed by atoms with Crippen molar-refractivity contribution in [2.45, 2.75) is 26.6 Å². The number of halogens is 3. The fourth-order valence-electron chi connectivity index (χ4n) is 2.64. The number of carbonyl (C=O) groups excluding carboxylic acids is 1. The van der Waals surface area contributed by atoms with Gasteiger partial charge in [-0.25, -0.2) is 4.79 Å². The van der Waals surface area contributed by atoms with Crippen molar-refractivity contribution in [3.05, 3.63) is 47.2 Å². The molecule has 0 atom stereocenters. The lowest BCUT2D eigenvalue weighted by molar-refractivity contribution is -0.138. The molecule has 0 aliphatic carbocycles. The predicted molar refractivity (Wildman–Crippen MR) is 83.2 cm³/mol. The van der Waals surface area contributed by atoms with Crippen LogP contribution in [-0.2, 0) is 22.3 Å². The Labute approximate surface area is 141 Å². The molecule has 5 nitrogen and oxygen atoms in total. The number of rotatable bonds is 5. The number of ether oxygens (including phenoxy) is 1. The summed E-state index contributed by atoms with van der Waals surface area (Å²) in [7, 11) is 0. The van der Waals surface area contributed by atoms with Crippen LogP contribution < -0.4 is 0 Å². The van der Waals surface area contributed by atoms with E-state index in [-0.39, 0.29) is 29.0 Å². The van der Waals surface area contributed by atoms with E-state index in [0.29, 0.717) is 0 Å². The lowest BCUT2D eigenvalue weighted by atomic mass is 10.00. The third-order valence-electron chi connectivity index (χ3n) is 3.62. The van der Waals surface area contributed by atoms with Gasteiger partial charge >= 0.3 is 18.1 Å². The van der Waals surface area contributed by atoms with Crippen molar-refractivity contribution in [3.8, 4) is 11.3 Å². The van der Waals surface area contributed by atoms with Gasteiger partial charge in [-0.2, -0.15) is 13.2 Å². The summed E-state index contributed by atoms with van der Waals surface area (Å²) in [6.07, 6.45) is -3.41. The lowest BCUT2D eigenvalue weighted by Crippen LogP contribution is -2.12. The molecule has 1 aromatic heterocycles. The maximum Gasteiger partial charge on any atom is 0.417 e. The highest BCUT2D eigenvalue weighted by atomic mass is 19.4. The van der Waals surface area contributed by atoms with E-state index in [9.17, 15) is 22.8 Å². The topological polar surface area (TPSA) is 68.5 Å². The van der Waals surface area contributed by atoms with Crippen LogP contribution in [0.4, 0.5) is 13.2 Å². The molecular weight excluding hydrogens is 339 g/mol. The van der Waals surface area contributed by atoms with Gasteiger partial charge < -0.3 is 14.4 Å². The second-order valence-corrected chi connectivity index (χ2v) is 5.30. The van der Waals surface area contributed by atoms with Crippen LogP contribution in [0.2, 0.25) is 0 Å². The highest BCUT2D eigenvalue weighted by Gasteiger charge is 2.35. The van der Waals surface area contributed by atoms with E-state index in [2.05, 4.69) is 0 Å². The molecule has 2 aromatic rings. The van der Waals surface area contributed by atoms with Crippen LogP contribution in [-0.4, -0.2) is 28.2 Å². The fourth-order valence-corrected chi connectivity index (χ4v) is 2.64. The van der Waals surface area contributed by atoms with Gasteiger partial charge in [0.1, 0.15) is 6.54 Å². The van der Waals surface area contributed by atoms with Crippen LogP contribution in [0.1, 0.15) is 28.4 Å². The monoisotopic (exact) mass is 355 g/mol. The Balaban J connectivity index is 2.72. The highest BCUT2D eigenvalue weighted by molar-refractivity contribution is 5.94. The molecule has 0 bridgehead atoms. The molecule has 8 heteroatoms. The Morgan fingerprint density at radius 2 is 1.88 bits per heavy atom. The van der Waals surface area contributed by atoms with E-state index in [0.717, 1.165) is 10.6 Å². The first-order valence-electron chi connectivity index (χ1n) is 7.42. The summed E-state index contributed by atoms with van der Waals surface area (Å²) in [5, 5.41) is 9.05. The summed E-state index contributed by atoms with van der Waals surface area (Å²) in [5.41, 5.74) is -0.799. The molecule has 0 aliphatic rings. The Morgan fingerprint density at radius 1 is 1.24 bits per heavy atom. The average Bonchev–Trinajstić information content (AvgIpc) is 2.82. The molecule has 1 aromatic carbocycles. The van der Waals surface area contributed by atoms with Crippen molar-refractivity contribution in [1.29, 1.82) is 0 Å². The number of carboxylic acids is 1. The standard InChI is InChI=1S/C17H16F3NO4/c1-3-25-16(24)12-8-21(9-14(22)23)15(10(12)2)11-6-4-5-7-13(11)17(18,19)20/h4-8H,3,9H2,1-2H3,(H,22,23). The first kappa shape index (κ1) is 18.6. The van der Waals surface area contributed by atoms with Gasteiger partial charge in [0.15, 0.2) is 0 Å². The van der Waals surface area contributed by atoms with Gasteiger partial charge in [-0.15, -0.1) is 0 Å². The van der Waals surface area contributed by atoms with Gasteiger partial charge in [-0.1, -0.05) is 18.2 Å². The molecule has 1 heterocycles. The van der Waals surface area contributed by atoms with Gasteiger partial charge in [-0.3, -0.25) is 4.79 Å². The van der Waals surface area contributed by atoms with Crippen LogP contribution in [0.3, 0.4) is 0 Å². The molecule has 0 spiro atoms. The van der Waals surface area contributed by atoms with Gasteiger partial charge in [0.2, 0.25) is 0 Å². The minimum Gasteiger partial charge on any atom is -0.480 e. The Kier molecular flexibility index (Phi) is 5.20. The zero-order valence-corrected chi connectivity index (χ0v) is 13.6. The molecule has 0 saturated heterocycles. The number of aliphatic carboxylic acids is 1. The molecule has 0 fully saturated rings. The molecule has 1 N–H and O–H groups in total. The third-order valence-corrected chi connectivity index (χ3v) is 3.62. The molecule has 0 unspecified atom stereocenters. The molecule has 2 rings (SSSR count). The maximum atomic E-state index is 13.3. The largest absolute Gasteiger partial charge is 0.480 e. The summed E-state index contributed by atoms with van der Waals surface area (Å²) in [5.74, 6) is -1.95. The number of carboxylic acid groups (broad SMARTS) is 1. The summed E-state index contributed by atoms with van der Waals surface area (Å²) in [6.45, 7) is 2.58. The molecule has 0 saturated carbocycles. The Bertz CT molecular complexity index is 809. The van der Waals surface area contributed by atoms with Crippen molar-refractivity contribution < 1.29 is 32.6 Å². The molecule has 134 valence electrons. The summed E-state index contributed by atoms with van der Waals surface area (Å²) >= 11 is 0. The average molecular weight is 355 g/mol. The zero-order valence-electron chi connectivity index (χ0n) is 13.6. The van der Waals surface area contributed by atoms with E-state index in [1.807, 2.05) is 0 Å². The fraction of sp³-hybridized carbons (Fsp3) is 0.294. The zero-order chi connectivity index (χ0) is 18.8. The minimum absolute atomic E-state index is 0.0263. The number of benzene rings is 1. The van der Waals surface area contributed by atoms with Crippen LogP contribution >= 0.6 is 0 Å². The Morgan fingerprint density at radius 3 is 2.44 bits per heavy atom. The van der Waals surface area contributed by atoms with Crippen LogP contribution in [0, 0.1) is 6.92 Å². The second kappa shape index (κ2) is 7.00. The van der Waals surface area contributed by atoms with Gasteiger partial charge in [0.25, 0.3) is 0 Å².